The van der Waals surface area contributed by atoms with Crippen molar-refractivity contribution in [1.29, 1.82) is 0 Å². The number of ether oxygens (including phenoxy) is 2. The van der Waals surface area contributed by atoms with Crippen LogP contribution >= 0.6 is 0 Å². The van der Waals surface area contributed by atoms with Gasteiger partial charge < -0.3 is 14.6 Å². The lowest BCUT2D eigenvalue weighted by molar-refractivity contribution is -0.128. The molecule has 1 N–H and O–H groups in total. The van der Waals surface area contributed by atoms with Crippen LogP contribution in [0.15, 0.2) is 49.1 Å². The molecule has 0 atom stereocenters. The third-order valence-electron chi connectivity index (χ3n) is 3.85. The molecule has 0 saturated carbocycles. The van der Waals surface area contributed by atoms with Gasteiger partial charge in [-0.15, -0.1) is 0 Å². The highest BCUT2D eigenvalue weighted by molar-refractivity contribution is 5.98. The molecular formula is C19H18O4. The van der Waals surface area contributed by atoms with E-state index < -0.39 is 5.97 Å². The molecule has 0 amide bonds. The van der Waals surface area contributed by atoms with E-state index in [9.17, 15) is 4.79 Å². The number of allylic oxidation sites excluding steroid dienone is 2. The molecule has 0 radical (unpaired) electrons. The molecule has 0 unspecified atom stereocenters. The Kier molecular flexibility index (Phi) is 4.44. The molecule has 1 aliphatic rings. The minimum Gasteiger partial charge on any atom is -0.490 e. The van der Waals surface area contributed by atoms with Crippen molar-refractivity contribution in [3.05, 3.63) is 60.2 Å². The molecule has 0 bridgehead atoms. The van der Waals surface area contributed by atoms with Gasteiger partial charge in [0.25, 0.3) is 0 Å². The van der Waals surface area contributed by atoms with Crippen LogP contribution < -0.4 is 9.47 Å². The summed E-state index contributed by atoms with van der Waals surface area (Å²) in [5.41, 5.74) is 1.96. The summed E-state index contributed by atoms with van der Waals surface area (Å²) in [7, 11) is 0. The Labute approximate surface area is 134 Å². The number of carbonyl (C=O) groups excluding carboxylic acids is 1. The smallest absolute Gasteiger partial charge is 0.335 e. The van der Waals surface area contributed by atoms with E-state index in [4.69, 9.17) is 14.6 Å². The molecular weight excluding hydrogens is 292 g/mol. The predicted octanol–water partition coefficient (Wildman–Crippen LogP) is 2.96. The first-order valence-electron chi connectivity index (χ1n) is 7.55. The fourth-order valence-corrected chi connectivity index (χ4v) is 2.88. The number of hydrogen-bond donors (Lipinski definition) is 1. The topological polar surface area (TPSA) is 55.8 Å². The van der Waals surface area contributed by atoms with Gasteiger partial charge in [0, 0.05) is 28.0 Å². The van der Waals surface area contributed by atoms with Crippen molar-refractivity contribution in [3.8, 4) is 11.5 Å². The van der Waals surface area contributed by atoms with E-state index in [1.807, 2.05) is 24.3 Å². The summed E-state index contributed by atoms with van der Waals surface area (Å²) in [4.78, 5) is 11.7. The number of benzene rings is 2. The molecule has 23 heavy (non-hydrogen) atoms. The second-order valence-corrected chi connectivity index (χ2v) is 5.24. The van der Waals surface area contributed by atoms with Gasteiger partial charge in [0.1, 0.15) is 18.1 Å². The van der Waals surface area contributed by atoms with Crippen molar-refractivity contribution >= 4 is 16.7 Å². The fraction of sp³-hybridized carbons (Fsp3) is 0.211. The standard InChI is InChI=1S/C19H18O4/c1-2-17(21)23-19-15-9-5-3-7-13(15)18(22-12-11-20)14-8-4-6-10-16(14)19/h2-7,9,20H,1,8,10-12H2. The zero-order valence-corrected chi connectivity index (χ0v) is 12.7. The van der Waals surface area contributed by atoms with Crippen LogP contribution in [0, 0.1) is 0 Å². The molecule has 118 valence electrons. The van der Waals surface area contributed by atoms with Crippen LogP contribution in [0.3, 0.4) is 0 Å². The van der Waals surface area contributed by atoms with E-state index in [-0.39, 0.29) is 13.2 Å². The molecule has 1 aliphatic carbocycles. The van der Waals surface area contributed by atoms with E-state index >= 15 is 0 Å². The van der Waals surface area contributed by atoms with Gasteiger partial charge in [0.2, 0.25) is 0 Å². The lowest BCUT2D eigenvalue weighted by atomic mass is 9.90. The number of aliphatic hydroxyl groups excluding tert-OH is 1. The Bertz CT molecular complexity index is 790. The first-order valence-corrected chi connectivity index (χ1v) is 7.55. The number of esters is 1. The van der Waals surface area contributed by atoms with Crippen LogP contribution in [0.4, 0.5) is 0 Å². The summed E-state index contributed by atoms with van der Waals surface area (Å²) in [6.07, 6.45) is 6.67. The normalized spacial score (nSPS) is 12.7. The summed E-state index contributed by atoms with van der Waals surface area (Å²) in [6, 6.07) is 7.66. The average Bonchev–Trinajstić information content (AvgIpc) is 2.60. The number of hydrogen-bond acceptors (Lipinski definition) is 4. The average molecular weight is 310 g/mol. The van der Waals surface area contributed by atoms with E-state index in [2.05, 4.69) is 18.7 Å². The SMILES string of the molecule is C=CC(=O)Oc1c2c(c(OCCO)c3ccccc13)CC=CC2. The Morgan fingerprint density at radius 3 is 2.35 bits per heavy atom. The Morgan fingerprint density at radius 2 is 1.74 bits per heavy atom. The maximum absolute atomic E-state index is 11.7. The third-order valence-corrected chi connectivity index (χ3v) is 3.85. The van der Waals surface area contributed by atoms with E-state index in [1.165, 1.54) is 0 Å². The summed E-state index contributed by atoms with van der Waals surface area (Å²) < 4.78 is 11.3. The molecule has 3 rings (SSSR count). The van der Waals surface area contributed by atoms with Gasteiger partial charge in [0.15, 0.2) is 0 Å². The lowest BCUT2D eigenvalue weighted by Crippen LogP contribution is -2.12. The van der Waals surface area contributed by atoms with Crippen LogP contribution in [-0.2, 0) is 17.6 Å². The van der Waals surface area contributed by atoms with Crippen molar-refractivity contribution in [3.63, 3.8) is 0 Å². The molecule has 2 aromatic rings. The molecule has 0 aromatic heterocycles. The maximum atomic E-state index is 11.7. The van der Waals surface area contributed by atoms with Crippen molar-refractivity contribution in [2.45, 2.75) is 12.8 Å². The molecule has 0 heterocycles. The fourth-order valence-electron chi connectivity index (χ4n) is 2.88. The van der Waals surface area contributed by atoms with Gasteiger partial charge in [0.05, 0.1) is 6.61 Å². The number of rotatable bonds is 5. The van der Waals surface area contributed by atoms with Crippen molar-refractivity contribution in [2.24, 2.45) is 0 Å². The summed E-state index contributed by atoms with van der Waals surface area (Å²) in [6.45, 7) is 3.64. The van der Waals surface area contributed by atoms with Gasteiger partial charge in [-0.2, -0.15) is 0 Å². The Hall–Kier alpha value is -2.59. The van der Waals surface area contributed by atoms with Crippen LogP contribution in [0.25, 0.3) is 10.8 Å². The first-order chi connectivity index (χ1) is 11.3. The van der Waals surface area contributed by atoms with Crippen LogP contribution in [0.1, 0.15) is 11.1 Å². The van der Waals surface area contributed by atoms with Gasteiger partial charge >= 0.3 is 5.97 Å². The monoisotopic (exact) mass is 310 g/mol. The molecule has 0 spiro atoms. The highest BCUT2D eigenvalue weighted by atomic mass is 16.5. The zero-order valence-electron chi connectivity index (χ0n) is 12.7. The highest BCUT2D eigenvalue weighted by Crippen LogP contribution is 2.43. The van der Waals surface area contributed by atoms with Crippen molar-refractivity contribution in [2.75, 3.05) is 13.2 Å². The van der Waals surface area contributed by atoms with Gasteiger partial charge in [-0.3, -0.25) is 0 Å². The maximum Gasteiger partial charge on any atom is 0.335 e. The largest absolute Gasteiger partial charge is 0.490 e. The molecule has 4 heteroatoms. The number of aliphatic hydroxyl groups is 1. The Morgan fingerprint density at radius 1 is 1.13 bits per heavy atom. The van der Waals surface area contributed by atoms with E-state index in [1.54, 1.807) is 0 Å². The molecule has 2 aromatic carbocycles. The molecule has 0 saturated heterocycles. The molecule has 0 fully saturated rings. The summed E-state index contributed by atoms with van der Waals surface area (Å²) in [5.74, 6) is 0.851. The summed E-state index contributed by atoms with van der Waals surface area (Å²) >= 11 is 0. The first kappa shape index (κ1) is 15.3. The molecule has 0 aliphatic heterocycles. The number of fused-ring (bicyclic) bond motifs is 2. The highest BCUT2D eigenvalue weighted by Gasteiger charge is 2.22. The lowest BCUT2D eigenvalue weighted by Gasteiger charge is -2.22. The van der Waals surface area contributed by atoms with Crippen molar-refractivity contribution < 1.29 is 19.4 Å². The second kappa shape index (κ2) is 6.67. The predicted molar refractivity (Wildman–Crippen MR) is 88.9 cm³/mol. The van der Waals surface area contributed by atoms with Crippen LogP contribution in [-0.4, -0.2) is 24.3 Å². The van der Waals surface area contributed by atoms with E-state index in [0.29, 0.717) is 18.6 Å². The van der Waals surface area contributed by atoms with Crippen LogP contribution in [0.2, 0.25) is 0 Å². The van der Waals surface area contributed by atoms with Crippen LogP contribution in [0.5, 0.6) is 11.5 Å². The van der Waals surface area contributed by atoms with Gasteiger partial charge in [-0.1, -0.05) is 43.0 Å². The minimum atomic E-state index is -0.476. The van der Waals surface area contributed by atoms with E-state index in [0.717, 1.165) is 33.7 Å². The van der Waals surface area contributed by atoms with Gasteiger partial charge in [-0.05, 0) is 12.8 Å². The quantitative estimate of drug-likeness (QED) is 0.399. The minimum absolute atomic E-state index is 0.0495. The number of carbonyl (C=O) groups is 1. The Balaban J connectivity index is 2.26. The zero-order chi connectivity index (χ0) is 16.2. The van der Waals surface area contributed by atoms with Gasteiger partial charge in [-0.25, -0.2) is 4.79 Å². The van der Waals surface area contributed by atoms with Crippen molar-refractivity contribution in [1.82, 2.24) is 0 Å². The second-order valence-electron chi connectivity index (χ2n) is 5.24. The summed E-state index contributed by atoms with van der Waals surface area (Å²) in [5, 5.41) is 10.8. The molecule has 4 nitrogen and oxygen atoms in total. The third kappa shape index (κ3) is 2.85.